The van der Waals surface area contributed by atoms with E-state index in [2.05, 4.69) is 21.2 Å². The molecule has 114 valence electrons. The number of amides is 1. The fourth-order valence-corrected chi connectivity index (χ4v) is 2.06. The Kier molecular flexibility index (Phi) is 6.55. The highest BCUT2D eigenvalue weighted by Crippen LogP contribution is 2.15. The minimum Gasteiger partial charge on any atom is -0.481 e. The quantitative estimate of drug-likeness (QED) is 0.736. The van der Waals surface area contributed by atoms with Gasteiger partial charge in [-0.1, -0.05) is 41.9 Å². The lowest BCUT2D eigenvalue weighted by Crippen LogP contribution is -2.33. The number of hydrogen-bond acceptors (Lipinski definition) is 3. The number of benzene rings is 1. The summed E-state index contributed by atoms with van der Waals surface area (Å²) in [4.78, 5) is 34.6. The molecule has 0 radical (unpaired) electrons. The predicted octanol–water partition coefficient (Wildman–Crippen LogP) is 2.49. The summed E-state index contributed by atoms with van der Waals surface area (Å²) < 4.78 is 0.865. The Morgan fingerprint density at radius 2 is 1.76 bits per heavy atom. The summed E-state index contributed by atoms with van der Waals surface area (Å²) in [6.45, 7) is 3.36. The van der Waals surface area contributed by atoms with Gasteiger partial charge in [0.15, 0.2) is 5.78 Å². The summed E-state index contributed by atoms with van der Waals surface area (Å²) in [5.41, 5.74) is 0.497. The van der Waals surface area contributed by atoms with Crippen LogP contribution in [0.5, 0.6) is 0 Å². The highest BCUT2D eigenvalue weighted by atomic mass is 79.9. The van der Waals surface area contributed by atoms with Crippen molar-refractivity contribution in [2.75, 3.05) is 6.54 Å². The van der Waals surface area contributed by atoms with Crippen molar-refractivity contribution in [2.24, 2.45) is 11.8 Å². The standard InChI is InChI=1S/C15H18BrNO4/c1-9(2)12(15(20)21)7-14(19)17-8-13(18)10-3-5-11(16)6-4-10/h3-6,9,12H,7-8H2,1-2H3,(H,17,19)(H,20,21). The Labute approximate surface area is 131 Å². The molecule has 1 unspecified atom stereocenters. The Morgan fingerprint density at radius 1 is 1.19 bits per heavy atom. The largest absolute Gasteiger partial charge is 0.481 e. The third-order valence-electron chi connectivity index (χ3n) is 3.14. The number of Topliss-reactive ketones (excluding diaryl/α,β-unsaturated/α-hetero) is 1. The summed E-state index contributed by atoms with van der Waals surface area (Å²) in [5.74, 6) is -2.53. The van der Waals surface area contributed by atoms with Crippen molar-refractivity contribution >= 4 is 33.6 Å². The normalized spacial score (nSPS) is 12.0. The Morgan fingerprint density at radius 3 is 2.24 bits per heavy atom. The fraction of sp³-hybridized carbons (Fsp3) is 0.400. The van der Waals surface area contributed by atoms with Gasteiger partial charge in [-0.15, -0.1) is 0 Å². The maximum Gasteiger partial charge on any atom is 0.307 e. The van der Waals surface area contributed by atoms with Crippen molar-refractivity contribution < 1.29 is 19.5 Å². The summed E-state index contributed by atoms with van der Waals surface area (Å²) in [6.07, 6.45) is -0.124. The summed E-state index contributed by atoms with van der Waals surface area (Å²) in [5, 5.41) is 11.5. The van der Waals surface area contributed by atoms with E-state index in [1.54, 1.807) is 38.1 Å². The Bertz CT molecular complexity index is 525. The van der Waals surface area contributed by atoms with E-state index in [0.29, 0.717) is 5.56 Å². The molecular formula is C15H18BrNO4. The van der Waals surface area contributed by atoms with Crippen LogP contribution in [0.15, 0.2) is 28.7 Å². The average Bonchev–Trinajstić information content (AvgIpc) is 2.42. The molecule has 0 spiro atoms. The van der Waals surface area contributed by atoms with Gasteiger partial charge in [0, 0.05) is 16.5 Å². The SMILES string of the molecule is CC(C)C(CC(=O)NCC(=O)c1ccc(Br)cc1)C(=O)O. The molecule has 1 atom stereocenters. The summed E-state index contributed by atoms with van der Waals surface area (Å²) in [6, 6.07) is 6.81. The number of hydrogen-bond donors (Lipinski definition) is 2. The molecular weight excluding hydrogens is 338 g/mol. The summed E-state index contributed by atoms with van der Waals surface area (Å²) >= 11 is 3.27. The van der Waals surface area contributed by atoms with Gasteiger partial charge in [-0.25, -0.2) is 0 Å². The second kappa shape index (κ2) is 7.93. The number of ketones is 1. The monoisotopic (exact) mass is 355 g/mol. The van der Waals surface area contributed by atoms with Crippen molar-refractivity contribution in [3.05, 3.63) is 34.3 Å². The Hall–Kier alpha value is -1.69. The number of carbonyl (C=O) groups is 3. The van der Waals surface area contributed by atoms with E-state index in [1.807, 2.05) is 0 Å². The number of aliphatic carboxylic acids is 1. The lowest BCUT2D eigenvalue weighted by Gasteiger charge is -2.15. The second-order valence-electron chi connectivity index (χ2n) is 5.10. The molecule has 0 heterocycles. The van der Waals surface area contributed by atoms with E-state index in [0.717, 1.165) is 4.47 Å². The molecule has 6 heteroatoms. The predicted molar refractivity (Wildman–Crippen MR) is 82.1 cm³/mol. The van der Waals surface area contributed by atoms with E-state index in [4.69, 9.17) is 5.11 Å². The number of carboxylic acids is 1. The molecule has 0 saturated carbocycles. The van der Waals surface area contributed by atoms with E-state index in [9.17, 15) is 14.4 Å². The van der Waals surface area contributed by atoms with Crippen LogP contribution in [-0.2, 0) is 9.59 Å². The number of carboxylic acid groups (broad SMARTS) is 1. The third kappa shape index (κ3) is 5.67. The third-order valence-corrected chi connectivity index (χ3v) is 3.67. The van der Waals surface area contributed by atoms with Crippen molar-refractivity contribution in [3.63, 3.8) is 0 Å². The van der Waals surface area contributed by atoms with Crippen molar-refractivity contribution in [3.8, 4) is 0 Å². The molecule has 1 aromatic rings. The van der Waals surface area contributed by atoms with Crippen LogP contribution < -0.4 is 5.32 Å². The van der Waals surface area contributed by atoms with Gasteiger partial charge in [-0.05, 0) is 18.1 Å². The molecule has 1 amide bonds. The molecule has 0 aliphatic carbocycles. The number of rotatable bonds is 7. The van der Waals surface area contributed by atoms with Gasteiger partial charge >= 0.3 is 5.97 Å². The molecule has 1 rings (SSSR count). The van der Waals surface area contributed by atoms with Crippen LogP contribution in [0.4, 0.5) is 0 Å². The first-order valence-corrected chi connectivity index (χ1v) is 7.38. The molecule has 21 heavy (non-hydrogen) atoms. The van der Waals surface area contributed by atoms with Gasteiger partial charge in [-0.3, -0.25) is 14.4 Å². The molecule has 0 aliphatic rings. The van der Waals surface area contributed by atoms with Crippen molar-refractivity contribution in [1.82, 2.24) is 5.32 Å². The first-order chi connectivity index (χ1) is 9.81. The maximum absolute atomic E-state index is 11.9. The highest BCUT2D eigenvalue weighted by Gasteiger charge is 2.24. The molecule has 1 aromatic carbocycles. The first-order valence-electron chi connectivity index (χ1n) is 6.59. The van der Waals surface area contributed by atoms with Gasteiger partial charge in [0.25, 0.3) is 0 Å². The smallest absolute Gasteiger partial charge is 0.307 e. The lowest BCUT2D eigenvalue weighted by molar-refractivity contribution is -0.145. The van der Waals surface area contributed by atoms with Gasteiger partial charge in [0.2, 0.25) is 5.91 Å². The van der Waals surface area contributed by atoms with E-state index in [-0.39, 0.29) is 24.7 Å². The molecule has 0 aliphatic heterocycles. The van der Waals surface area contributed by atoms with Crippen LogP contribution in [0.1, 0.15) is 30.6 Å². The van der Waals surface area contributed by atoms with Gasteiger partial charge in [0.1, 0.15) is 0 Å². The average molecular weight is 356 g/mol. The van der Waals surface area contributed by atoms with Crippen LogP contribution in [0.3, 0.4) is 0 Å². The first kappa shape index (κ1) is 17.4. The van der Waals surface area contributed by atoms with Crippen molar-refractivity contribution in [1.29, 1.82) is 0 Å². The molecule has 0 aromatic heterocycles. The maximum atomic E-state index is 11.9. The molecule has 5 nitrogen and oxygen atoms in total. The zero-order valence-corrected chi connectivity index (χ0v) is 13.5. The number of nitrogens with one attached hydrogen (secondary N) is 1. The minimum absolute atomic E-state index is 0.124. The van der Waals surface area contributed by atoms with Crippen molar-refractivity contribution in [2.45, 2.75) is 20.3 Å². The molecule has 0 fully saturated rings. The van der Waals surface area contributed by atoms with Gasteiger partial charge in [0.05, 0.1) is 12.5 Å². The van der Waals surface area contributed by atoms with E-state index in [1.165, 1.54) is 0 Å². The zero-order valence-electron chi connectivity index (χ0n) is 11.9. The Balaban J connectivity index is 2.51. The fourth-order valence-electron chi connectivity index (χ4n) is 1.80. The van der Waals surface area contributed by atoms with Crippen LogP contribution in [0, 0.1) is 11.8 Å². The summed E-state index contributed by atoms with van der Waals surface area (Å²) in [7, 11) is 0. The van der Waals surface area contributed by atoms with Gasteiger partial charge < -0.3 is 10.4 Å². The second-order valence-corrected chi connectivity index (χ2v) is 6.02. The van der Waals surface area contributed by atoms with Crippen LogP contribution in [-0.4, -0.2) is 29.3 Å². The minimum atomic E-state index is -1.00. The lowest BCUT2D eigenvalue weighted by atomic mass is 9.92. The molecule has 0 bridgehead atoms. The topological polar surface area (TPSA) is 83.5 Å². The van der Waals surface area contributed by atoms with Crippen LogP contribution in [0.2, 0.25) is 0 Å². The zero-order chi connectivity index (χ0) is 16.0. The van der Waals surface area contributed by atoms with Crippen LogP contribution >= 0.6 is 15.9 Å². The van der Waals surface area contributed by atoms with E-state index >= 15 is 0 Å². The molecule has 2 N–H and O–H groups in total. The number of halogens is 1. The van der Waals surface area contributed by atoms with Crippen LogP contribution in [0.25, 0.3) is 0 Å². The van der Waals surface area contributed by atoms with Gasteiger partial charge in [-0.2, -0.15) is 0 Å². The number of carbonyl (C=O) groups excluding carboxylic acids is 2. The molecule has 0 saturated heterocycles. The highest BCUT2D eigenvalue weighted by molar-refractivity contribution is 9.10. The van der Waals surface area contributed by atoms with E-state index < -0.39 is 17.8 Å².